The molecule has 0 atom stereocenters. The zero-order valence-corrected chi connectivity index (χ0v) is 15.6. The van der Waals surface area contributed by atoms with E-state index in [2.05, 4.69) is 26.2 Å². The number of hydrogen-bond donors (Lipinski definition) is 1. The van der Waals surface area contributed by atoms with Crippen molar-refractivity contribution in [3.63, 3.8) is 0 Å². The molecule has 0 bridgehead atoms. The van der Waals surface area contributed by atoms with Gasteiger partial charge in [-0.2, -0.15) is 0 Å². The number of aromatic nitrogens is 2. The van der Waals surface area contributed by atoms with E-state index in [1.165, 1.54) is 4.57 Å². The fourth-order valence-electron chi connectivity index (χ4n) is 2.70. The molecule has 3 rings (SSSR count). The van der Waals surface area contributed by atoms with E-state index in [0.717, 1.165) is 10.0 Å². The van der Waals surface area contributed by atoms with Crippen molar-refractivity contribution in [1.29, 1.82) is 0 Å². The maximum atomic E-state index is 12.7. The van der Waals surface area contributed by atoms with E-state index >= 15 is 0 Å². The molecule has 1 N–H and O–H groups in total. The Balaban J connectivity index is 1.93. The van der Waals surface area contributed by atoms with E-state index in [1.807, 2.05) is 44.2 Å². The number of para-hydroxylation sites is 1. The van der Waals surface area contributed by atoms with Gasteiger partial charge in [0, 0.05) is 10.9 Å². The molecule has 0 aliphatic carbocycles. The topological polar surface area (TPSA) is 64.0 Å². The third-order valence-corrected chi connectivity index (χ3v) is 4.61. The van der Waals surface area contributed by atoms with Crippen molar-refractivity contribution in [2.45, 2.75) is 26.8 Å². The van der Waals surface area contributed by atoms with Gasteiger partial charge < -0.3 is 5.32 Å². The van der Waals surface area contributed by atoms with Gasteiger partial charge in [-0.05, 0) is 52.7 Å². The van der Waals surface area contributed by atoms with E-state index in [1.54, 1.807) is 12.1 Å². The second-order valence-electron chi connectivity index (χ2n) is 5.82. The number of rotatable bonds is 4. The molecule has 0 saturated heterocycles. The Kier molecular flexibility index (Phi) is 4.99. The van der Waals surface area contributed by atoms with Crippen LogP contribution in [0.3, 0.4) is 0 Å². The Morgan fingerprint density at radius 3 is 2.72 bits per heavy atom. The van der Waals surface area contributed by atoms with Crippen molar-refractivity contribution in [2.75, 3.05) is 5.32 Å². The van der Waals surface area contributed by atoms with Crippen LogP contribution < -0.4 is 10.9 Å². The number of anilines is 1. The summed E-state index contributed by atoms with van der Waals surface area (Å²) in [5.74, 6) is 0.334. The molecule has 0 fully saturated rings. The fourth-order valence-corrected chi connectivity index (χ4v) is 3.29. The summed E-state index contributed by atoms with van der Waals surface area (Å²) in [6, 6.07) is 12.9. The highest BCUT2D eigenvalue weighted by Gasteiger charge is 2.13. The maximum Gasteiger partial charge on any atom is 0.261 e. The van der Waals surface area contributed by atoms with Gasteiger partial charge in [-0.3, -0.25) is 14.2 Å². The highest BCUT2D eigenvalue weighted by atomic mass is 79.9. The van der Waals surface area contributed by atoms with Crippen LogP contribution in [-0.4, -0.2) is 15.5 Å². The average Bonchev–Trinajstić information content (AvgIpc) is 2.59. The van der Waals surface area contributed by atoms with Gasteiger partial charge in [0.15, 0.2) is 0 Å². The van der Waals surface area contributed by atoms with Crippen molar-refractivity contribution in [1.82, 2.24) is 9.55 Å². The number of halogens is 1. The second kappa shape index (κ2) is 7.19. The zero-order chi connectivity index (χ0) is 18.0. The number of nitrogens with zero attached hydrogens (tertiary/aromatic N) is 2. The largest absolute Gasteiger partial charge is 0.324 e. The minimum absolute atomic E-state index is 0.0693. The van der Waals surface area contributed by atoms with Gasteiger partial charge >= 0.3 is 0 Å². The van der Waals surface area contributed by atoms with Crippen LogP contribution in [0.1, 0.15) is 18.3 Å². The number of amides is 1. The van der Waals surface area contributed by atoms with E-state index < -0.39 is 0 Å². The third kappa shape index (κ3) is 3.64. The number of benzene rings is 2. The lowest BCUT2D eigenvalue weighted by Crippen LogP contribution is -2.31. The van der Waals surface area contributed by atoms with Crippen molar-refractivity contribution in [3.8, 4) is 0 Å². The highest BCUT2D eigenvalue weighted by molar-refractivity contribution is 9.10. The predicted octanol–water partition coefficient (Wildman–Crippen LogP) is 3.67. The lowest BCUT2D eigenvalue weighted by molar-refractivity contribution is -0.116. The maximum absolute atomic E-state index is 12.7. The molecule has 0 spiro atoms. The molecule has 0 radical (unpaired) electrons. The number of hydrogen-bond acceptors (Lipinski definition) is 3. The van der Waals surface area contributed by atoms with E-state index in [4.69, 9.17) is 0 Å². The number of aryl methyl sites for hydroxylation is 2. The first-order chi connectivity index (χ1) is 12.0. The lowest BCUT2D eigenvalue weighted by atomic mass is 10.2. The number of nitrogens with one attached hydrogen (secondary N) is 1. The normalized spacial score (nSPS) is 10.8. The molecular formula is C19H18BrN3O2. The Hall–Kier alpha value is -2.47. The average molecular weight is 400 g/mol. The fraction of sp³-hybridized carbons (Fsp3) is 0.211. The molecular weight excluding hydrogens is 382 g/mol. The summed E-state index contributed by atoms with van der Waals surface area (Å²) in [6.45, 7) is 3.83. The summed E-state index contributed by atoms with van der Waals surface area (Å²) in [7, 11) is 0. The van der Waals surface area contributed by atoms with Gasteiger partial charge in [0.05, 0.1) is 16.6 Å². The Morgan fingerprint density at radius 2 is 2.00 bits per heavy atom. The SMILES string of the molecule is CCc1nc2ccccc2c(=O)n1CC(=O)Nc1ccc(C)cc1Br. The van der Waals surface area contributed by atoms with Crippen LogP contribution in [0.5, 0.6) is 0 Å². The molecule has 3 aromatic rings. The van der Waals surface area contributed by atoms with Crippen molar-refractivity contribution < 1.29 is 4.79 Å². The summed E-state index contributed by atoms with van der Waals surface area (Å²) >= 11 is 3.44. The van der Waals surface area contributed by atoms with Crippen LogP contribution in [0.25, 0.3) is 10.9 Å². The quantitative estimate of drug-likeness (QED) is 0.727. The zero-order valence-electron chi connectivity index (χ0n) is 14.0. The molecule has 1 amide bonds. The number of carbonyl (C=O) groups is 1. The van der Waals surface area contributed by atoms with Gasteiger partial charge in [0.25, 0.3) is 5.56 Å². The molecule has 6 heteroatoms. The van der Waals surface area contributed by atoms with Crippen molar-refractivity contribution in [3.05, 3.63) is 68.7 Å². The van der Waals surface area contributed by atoms with Crippen LogP contribution in [0.2, 0.25) is 0 Å². The first-order valence-corrected chi connectivity index (χ1v) is 8.83. The summed E-state index contributed by atoms with van der Waals surface area (Å²) in [4.78, 5) is 29.7. The molecule has 0 saturated carbocycles. The first kappa shape index (κ1) is 17.4. The van der Waals surface area contributed by atoms with Crippen LogP contribution in [-0.2, 0) is 17.8 Å². The van der Waals surface area contributed by atoms with E-state index in [0.29, 0.717) is 28.8 Å². The van der Waals surface area contributed by atoms with Crippen LogP contribution in [0, 0.1) is 6.92 Å². The van der Waals surface area contributed by atoms with Crippen LogP contribution >= 0.6 is 15.9 Å². The van der Waals surface area contributed by atoms with Gasteiger partial charge in [-0.25, -0.2) is 4.98 Å². The molecule has 1 aromatic heterocycles. The predicted molar refractivity (Wildman–Crippen MR) is 103 cm³/mol. The monoisotopic (exact) mass is 399 g/mol. The van der Waals surface area contributed by atoms with E-state index in [-0.39, 0.29) is 18.0 Å². The lowest BCUT2D eigenvalue weighted by Gasteiger charge is -2.13. The van der Waals surface area contributed by atoms with Crippen LogP contribution in [0.4, 0.5) is 5.69 Å². The minimum atomic E-state index is -0.265. The molecule has 128 valence electrons. The molecule has 5 nitrogen and oxygen atoms in total. The highest BCUT2D eigenvalue weighted by Crippen LogP contribution is 2.23. The van der Waals surface area contributed by atoms with Gasteiger partial charge in [-0.1, -0.05) is 25.1 Å². The van der Waals surface area contributed by atoms with Gasteiger partial charge in [-0.15, -0.1) is 0 Å². The second-order valence-corrected chi connectivity index (χ2v) is 6.68. The van der Waals surface area contributed by atoms with Crippen molar-refractivity contribution >= 4 is 38.4 Å². The molecule has 0 aliphatic rings. The smallest absolute Gasteiger partial charge is 0.261 e. The molecule has 0 aliphatic heterocycles. The molecule has 1 heterocycles. The standard InChI is InChI=1S/C19H18BrN3O2/c1-3-17-21-15-7-5-4-6-13(15)19(25)23(17)11-18(24)22-16-9-8-12(2)10-14(16)20/h4-10H,3,11H2,1-2H3,(H,22,24). The van der Waals surface area contributed by atoms with Crippen molar-refractivity contribution in [2.24, 2.45) is 0 Å². The first-order valence-electron chi connectivity index (χ1n) is 8.04. The molecule has 2 aromatic carbocycles. The Morgan fingerprint density at radius 1 is 1.24 bits per heavy atom. The summed E-state index contributed by atoms with van der Waals surface area (Å²) < 4.78 is 2.25. The number of carbonyl (C=O) groups excluding carboxylic acids is 1. The molecule has 0 unspecified atom stereocenters. The Bertz CT molecular complexity index is 1010. The summed E-state index contributed by atoms with van der Waals surface area (Å²) in [5.41, 5.74) is 2.23. The van der Waals surface area contributed by atoms with Gasteiger partial charge in [0.2, 0.25) is 5.91 Å². The number of fused-ring (bicyclic) bond motifs is 1. The minimum Gasteiger partial charge on any atom is -0.324 e. The third-order valence-electron chi connectivity index (χ3n) is 3.96. The Labute approximate surface area is 153 Å². The molecule has 25 heavy (non-hydrogen) atoms. The van der Waals surface area contributed by atoms with Crippen LogP contribution in [0.15, 0.2) is 51.7 Å². The van der Waals surface area contributed by atoms with E-state index in [9.17, 15) is 9.59 Å². The summed E-state index contributed by atoms with van der Waals surface area (Å²) in [6.07, 6.45) is 0.571. The van der Waals surface area contributed by atoms with Gasteiger partial charge in [0.1, 0.15) is 12.4 Å². The summed E-state index contributed by atoms with van der Waals surface area (Å²) in [5, 5.41) is 3.36.